The van der Waals surface area contributed by atoms with E-state index in [2.05, 4.69) is 20.7 Å². The van der Waals surface area contributed by atoms with E-state index in [0.717, 1.165) is 11.3 Å². The van der Waals surface area contributed by atoms with Gasteiger partial charge in [0.25, 0.3) is 5.91 Å². The molecule has 0 atom stereocenters. The molecule has 0 radical (unpaired) electrons. The number of aromatic nitrogens is 3. The molecule has 0 aliphatic heterocycles. The number of amides is 1. The first-order chi connectivity index (χ1) is 12.3. The summed E-state index contributed by atoms with van der Waals surface area (Å²) in [7, 11) is 0. The maximum Gasteiger partial charge on any atom is 0.274 e. The van der Waals surface area contributed by atoms with Gasteiger partial charge in [-0.3, -0.25) is 15.1 Å². The molecule has 1 aliphatic carbocycles. The highest BCUT2D eigenvalue weighted by atomic mass is 32.1. The lowest BCUT2D eigenvalue weighted by Crippen LogP contribution is -2.17. The van der Waals surface area contributed by atoms with Gasteiger partial charge in [0.05, 0.1) is 5.69 Å². The third kappa shape index (κ3) is 3.64. The lowest BCUT2D eigenvalue weighted by atomic mass is 10.1. The quantitative estimate of drug-likeness (QED) is 0.745. The van der Waals surface area contributed by atoms with Gasteiger partial charge in [-0.15, -0.1) is 11.3 Å². The molecule has 1 saturated carbocycles. The Morgan fingerprint density at radius 3 is 2.84 bits per heavy atom. The van der Waals surface area contributed by atoms with Gasteiger partial charge >= 0.3 is 0 Å². The molecule has 128 valence electrons. The zero-order valence-corrected chi connectivity index (χ0v) is 14.7. The number of carbonyl (C=O) groups excluding carboxylic acids is 1. The minimum absolute atomic E-state index is 0.119. The van der Waals surface area contributed by atoms with E-state index in [0.29, 0.717) is 23.3 Å². The van der Waals surface area contributed by atoms with Gasteiger partial charge in [-0.05, 0) is 42.7 Å². The SMILES string of the molecule is O=C(Nc1nc(C2CCCC2)cs1)c1cccn1Cc1ccncc1. The van der Waals surface area contributed by atoms with Crippen LogP contribution < -0.4 is 5.32 Å². The summed E-state index contributed by atoms with van der Waals surface area (Å²) in [6, 6.07) is 7.64. The van der Waals surface area contributed by atoms with Crippen LogP contribution in [-0.4, -0.2) is 20.4 Å². The predicted octanol–water partition coefficient (Wildman–Crippen LogP) is 4.30. The summed E-state index contributed by atoms with van der Waals surface area (Å²) < 4.78 is 1.94. The lowest BCUT2D eigenvalue weighted by Gasteiger charge is -2.09. The van der Waals surface area contributed by atoms with Gasteiger partial charge in [0.15, 0.2) is 5.13 Å². The largest absolute Gasteiger partial charge is 0.339 e. The Morgan fingerprint density at radius 1 is 1.24 bits per heavy atom. The van der Waals surface area contributed by atoms with Crippen molar-refractivity contribution in [1.82, 2.24) is 14.5 Å². The third-order valence-corrected chi connectivity index (χ3v) is 5.46. The smallest absolute Gasteiger partial charge is 0.274 e. The van der Waals surface area contributed by atoms with E-state index in [9.17, 15) is 4.79 Å². The van der Waals surface area contributed by atoms with Gasteiger partial charge < -0.3 is 4.57 Å². The third-order valence-electron chi connectivity index (χ3n) is 4.68. The average Bonchev–Trinajstić information content (AvgIpc) is 3.37. The summed E-state index contributed by atoms with van der Waals surface area (Å²) in [4.78, 5) is 21.3. The van der Waals surface area contributed by atoms with E-state index in [-0.39, 0.29) is 5.91 Å². The predicted molar refractivity (Wildman–Crippen MR) is 99.0 cm³/mol. The van der Waals surface area contributed by atoms with Crippen molar-refractivity contribution in [2.24, 2.45) is 0 Å². The average molecular weight is 352 g/mol. The van der Waals surface area contributed by atoms with E-state index in [1.54, 1.807) is 12.4 Å². The van der Waals surface area contributed by atoms with Gasteiger partial charge in [-0.2, -0.15) is 0 Å². The Balaban J connectivity index is 1.46. The number of hydrogen-bond donors (Lipinski definition) is 1. The zero-order chi connectivity index (χ0) is 17.1. The van der Waals surface area contributed by atoms with Crippen molar-refractivity contribution in [3.63, 3.8) is 0 Å². The fourth-order valence-corrected chi connectivity index (χ4v) is 4.14. The molecule has 6 heteroatoms. The van der Waals surface area contributed by atoms with Crippen molar-refractivity contribution in [1.29, 1.82) is 0 Å². The van der Waals surface area contributed by atoms with Crippen LogP contribution in [0.4, 0.5) is 5.13 Å². The van der Waals surface area contributed by atoms with Crippen molar-refractivity contribution >= 4 is 22.4 Å². The summed E-state index contributed by atoms with van der Waals surface area (Å²) in [6.07, 6.45) is 10.4. The summed E-state index contributed by atoms with van der Waals surface area (Å²) in [6.45, 7) is 0.642. The number of nitrogens with zero attached hydrogens (tertiary/aromatic N) is 3. The number of hydrogen-bond acceptors (Lipinski definition) is 4. The molecule has 0 spiro atoms. The number of nitrogens with one attached hydrogen (secondary N) is 1. The second-order valence-electron chi connectivity index (χ2n) is 6.39. The van der Waals surface area contributed by atoms with E-state index >= 15 is 0 Å². The first kappa shape index (κ1) is 16.0. The molecule has 1 amide bonds. The lowest BCUT2D eigenvalue weighted by molar-refractivity contribution is 0.101. The van der Waals surface area contributed by atoms with Crippen LogP contribution in [0.25, 0.3) is 0 Å². The Hall–Kier alpha value is -2.47. The second kappa shape index (κ2) is 7.19. The molecular weight excluding hydrogens is 332 g/mol. The fourth-order valence-electron chi connectivity index (χ4n) is 3.36. The number of anilines is 1. The molecule has 1 aliphatic rings. The zero-order valence-electron chi connectivity index (χ0n) is 13.9. The van der Waals surface area contributed by atoms with E-state index in [4.69, 9.17) is 0 Å². The molecule has 3 heterocycles. The Bertz CT molecular complexity index is 849. The normalized spacial score (nSPS) is 14.7. The maximum atomic E-state index is 12.6. The molecule has 25 heavy (non-hydrogen) atoms. The van der Waals surface area contributed by atoms with Crippen molar-refractivity contribution in [3.05, 3.63) is 65.2 Å². The van der Waals surface area contributed by atoms with Gasteiger partial charge in [0.1, 0.15) is 5.69 Å². The highest BCUT2D eigenvalue weighted by Crippen LogP contribution is 2.35. The van der Waals surface area contributed by atoms with Crippen LogP contribution in [0.3, 0.4) is 0 Å². The molecule has 5 nitrogen and oxygen atoms in total. The van der Waals surface area contributed by atoms with Crippen molar-refractivity contribution in [2.45, 2.75) is 38.1 Å². The maximum absolute atomic E-state index is 12.6. The summed E-state index contributed by atoms with van der Waals surface area (Å²) in [5.74, 6) is 0.448. The molecule has 0 bridgehead atoms. The second-order valence-corrected chi connectivity index (χ2v) is 7.25. The standard InChI is InChI=1S/C19H20N4OS/c24-18(22-19-21-16(13-25-19)15-4-1-2-5-15)17-6-3-11-23(17)12-14-7-9-20-10-8-14/h3,6-11,13,15H,1-2,4-5,12H2,(H,21,22,24). The topological polar surface area (TPSA) is 59.8 Å². The molecule has 0 aromatic carbocycles. The van der Waals surface area contributed by atoms with Gasteiger partial charge in [0.2, 0.25) is 0 Å². The highest BCUT2D eigenvalue weighted by molar-refractivity contribution is 7.14. The van der Waals surface area contributed by atoms with E-state index in [1.165, 1.54) is 37.0 Å². The first-order valence-corrected chi connectivity index (χ1v) is 9.48. The number of pyridine rings is 1. The molecule has 1 fully saturated rings. The summed E-state index contributed by atoms with van der Waals surface area (Å²) in [5.41, 5.74) is 2.87. The van der Waals surface area contributed by atoms with Crippen LogP contribution in [0, 0.1) is 0 Å². The summed E-state index contributed by atoms with van der Waals surface area (Å²) in [5, 5.41) is 5.72. The highest BCUT2D eigenvalue weighted by Gasteiger charge is 2.20. The summed E-state index contributed by atoms with van der Waals surface area (Å²) >= 11 is 1.51. The molecule has 0 saturated heterocycles. The van der Waals surface area contributed by atoms with Crippen LogP contribution in [0.1, 0.15) is 53.3 Å². The minimum Gasteiger partial charge on any atom is -0.339 e. The Kier molecular flexibility index (Phi) is 4.61. The fraction of sp³-hybridized carbons (Fsp3) is 0.316. The van der Waals surface area contributed by atoms with Crippen LogP contribution in [-0.2, 0) is 6.54 Å². The van der Waals surface area contributed by atoms with Crippen LogP contribution in [0.15, 0.2) is 48.2 Å². The molecule has 3 aromatic heterocycles. The molecule has 1 N–H and O–H groups in total. The van der Waals surface area contributed by atoms with E-state index < -0.39 is 0 Å². The van der Waals surface area contributed by atoms with Crippen LogP contribution in [0.5, 0.6) is 0 Å². The first-order valence-electron chi connectivity index (χ1n) is 8.60. The van der Waals surface area contributed by atoms with Crippen molar-refractivity contribution in [3.8, 4) is 0 Å². The van der Waals surface area contributed by atoms with Gasteiger partial charge in [-0.1, -0.05) is 12.8 Å². The van der Waals surface area contributed by atoms with Crippen molar-refractivity contribution < 1.29 is 4.79 Å². The van der Waals surface area contributed by atoms with E-state index in [1.807, 2.05) is 35.0 Å². The Morgan fingerprint density at radius 2 is 2.04 bits per heavy atom. The van der Waals surface area contributed by atoms with Crippen LogP contribution >= 0.6 is 11.3 Å². The Labute approximate surface area is 150 Å². The van der Waals surface area contributed by atoms with Crippen molar-refractivity contribution in [2.75, 3.05) is 5.32 Å². The number of thiazole rings is 1. The van der Waals surface area contributed by atoms with Gasteiger partial charge in [-0.25, -0.2) is 4.98 Å². The molecular formula is C19H20N4OS. The number of carbonyl (C=O) groups is 1. The monoisotopic (exact) mass is 352 g/mol. The van der Waals surface area contributed by atoms with Gasteiger partial charge in [0, 0.05) is 36.4 Å². The minimum atomic E-state index is -0.119. The van der Waals surface area contributed by atoms with Crippen LogP contribution in [0.2, 0.25) is 0 Å². The molecule has 0 unspecified atom stereocenters. The number of rotatable bonds is 5. The molecule has 4 rings (SSSR count). The molecule has 3 aromatic rings.